The first-order valence-electron chi connectivity index (χ1n) is 7.33. The van der Waals surface area contributed by atoms with Crippen LogP contribution in [-0.2, 0) is 4.79 Å². The van der Waals surface area contributed by atoms with E-state index in [1.807, 2.05) is 30.3 Å². The Kier molecular flexibility index (Phi) is 5.41. The van der Waals surface area contributed by atoms with Crippen LogP contribution < -0.4 is 4.74 Å². The highest BCUT2D eigenvalue weighted by Gasteiger charge is 2.31. The summed E-state index contributed by atoms with van der Waals surface area (Å²) in [6, 6.07) is 9.43. The molecule has 0 aliphatic carbocycles. The lowest BCUT2D eigenvalue weighted by Gasteiger charge is -2.33. The third kappa shape index (κ3) is 3.97. The second-order valence-electron chi connectivity index (χ2n) is 5.34. The zero-order valence-corrected chi connectivity index (χ0v) is 12.0. The summed E-state index contributed by atoms with van der Waals surface area (Å²) in [7, 11) is 0. The van der Waals surface area contributed by atoms with Gasteiger partial charge >= 0.3 is 5.97 Å². The largest absolute Gasteiger partial charge is 0.493 e. The number of rotatable bonds is 6. The molecule has 1 aromatic carbocycles. The number of carbonyl (C=O) groups is 1. The van der Waals surface area contributed by atoms with Crippen molar-refractivity contribution >= 4 is 5.97 Å². The maximum absolute atomic E-state index is 11.5. The molecule has 1 heterocycles. The second kappa shape index (κ2) is 7.29. The van der Waals surface area contributed by atoms with Crippen LogP contribution in [0.15, 0.2) is 30.3 Å². The monoisotopic (exact) mass is 277 g/mol. The van der Waals surface area contributed by atoms with Crippen LogP contribution in [0.5, 0.6) is 5.75 Å². The Labute approximate surface area is 120 Å². The molecule has 0 spiro atoms. The first kappa shape index (κ1) is 14.9. The second-order valence-corrected chi connectivity index (χ2v) is 5.34. The van der Waals surface area contributed by atoms with E-state index < -0.39 is 11.9 Å². The molecule has 0 saturated carbocycles. The summed E-state index contributed by atoms with van der Waals surface area (Å²) in [5.74, 6) is -0.186. The van der Waals surface area contributed by atoms with E-state index in [4.69, 9.17) is 4.74 Å². The van der Waals surface area contributed by atoms with Crippen molar-refractivity contribution < 1.29 is 14.6 Å². The highest BCUT2D eigenvalue weighted by Crippen LogP contribution is 2.26. The van der Waals surface area contributed by atoms with Crippen LogP contribution in [0.25, 0.3) is 0 Å². The molecule has 1 unspecified atom stereocenters. The average molecular weight is 277 g/mol. The van der Waals surface area contributed by atoms with Crippen LogP contribution >= 0.6 is 0 Å². The van der Waals surface area contributed by atoms with Crippen LogP contribution in [0.3, 0.4) is 0 Å². The fraction of sp³-hybridized carbons (Fsp3) is 0.562. The number of carboxylic acids is 1. The van der Waals surface area contributed by atoms with E-state index in [1.54, 1.807) is 0 Å². The fourth-order valence-corrected chi connectivity index (χ4v) is 2.78. The number of piperidine rings is 1. The Morgan fingerprint density at radius 3 is 2.55 bits per heavy atom. The molecule has 1 N–H and O–H groups in total. The smallest absolute Gasteiger partial charge is 0.310 e. The van der Waals surface area contributed by atoms with Crippen LogP contribution in [0, 0.1) is 11.8 Å². The molecule has 1 fully saturated rings. The van der Waals surface area contributed by atoms with Gasteiger partial charge in [-0.15, -0.1) is 0 Å². The molecular formula is C16H23NO3. The molecule has 110 valence electrons. The standard InChI is InChI=1S/C16H23NO3/c1-2-17-10-8-13(9-11-17)15(16(18)19)12-20-14-6-4-3-5-7-14/h3-7,13,15H,2,8-12H2,1H3,(H,18,19). The Hall–Kier alpha value is -1.55. The zero-order valence-electron chi connectivity index (χ0n) is 12.0. The summed E-state index contributed by atoms with van der Waals surface area (Å²) < 4.78 is 5.64. The summed E-state index contributed by atoms with van der Waals surface area (Å²) in [6.07, 6.45) is 1.89. The van der Waals surface area contributed by atoms with Gasteiger partial charge in [0.1, 0.15) is 12.4 Å². The minimum atomic E-state index is -0.740. The van der Waals surface area contributed by atoms with Crippen molar-refractivity contribution in [3.8, 4) is 5.75 Å². The summed E-state index contributed by atoms with van der Waals surface area (Å²) in [5.41, 5.74) is 0. The van der Waals surface area contributed by atoms with Crippen molar-refractivity contribution in [3.05, 3.63) is 30.3 Å². The number of benzene rings is 1. The lowest BCUT2D eigenvalue weighted by atomic mass is 9.84. The van der Waals surface area contributed by atoms with Gasteiger partial charge in [0, 0.05) is 0 Å². The van der Waals surface area contributed by atoms with E-state index in [0.717, 1.165) is 38.2 Å². The molecular weight excluding hydrogens is 254 g/mol. The van der Waals surface area contributed by atoms with E-state index >= 15 is 0 Å². The Bertz CT molecular complexity index is 413. The molecule has 0 bridgehead atoms. The lowest BCUT2D eigenvalue weighted by Crippen LogP contribution is -2.39. The highest BCUT2D eigenvalue weighted by atomic mass is 16.5. The predicted molar refractivity (Wildman–Crippen MR) is 77.9 cm³/mol. The van der Waals surface area contributed by atoms with E-state index in [2.05, 4.69) is 11.8 Å². The molecule has 1 aliphatic rings. The number of hydrogen-bond acceptors (Lipinski definition) is 3. The number of hydrogen-bond donors (Lipinski definition) is 1. The third-order valence-corrected chi connectivity index (χ3v) is 4.14. The van der Waals surface area contributed by atoms with Gasteiger partial charge in [-0.1, -0.05) is 25.1 Å². The topological polar surface area (TPSA) is 49.8 Å². The summed E-state index contributed by atoms with van der Waals surface area (Å²) in [5, 5.41) is 9.43. The van der Waals surface area contributed by atoms with Crippen molar-refractivity contribution in [2.45, 2.75) is 19.8 Å². The zero-order chi connectivity index (χ0) is 14.4. The summed E-state index contributed by atoms with van der Waals surface area (Å²) in [6.45, 7) is 5.45. The number of aliphatic carboxylic acids is 1. The normalized spacial score (nSPS) is 18.6. The first-order chi connectivity index (χ1) is 9.70. The van der Waals surface area contributed by atoms with E-state index in [9.17, 15) is 9.90 Å². The Morgan fingerprint density at radius 1 is 1.35 bits per heavy atom. The van der Waals surface area contributed by atoms with Crippen molar-refractivity contribution in [3.63, 3.8) is 0 Å². The number of ether oxygens (including phenoxy) is 1. The fourth-order valence-electron chi connectivity index (χ4n) is 2.78. The molecule has 1 saturated heterocycles. The highest BCUT2D eigenvalue weighted by molar-refractivity contribution is 5.70. The molecule has 0 radical (unpaired) electrons. The van der Waals surface area contributed by atoms with Gasteiger partial charge in [0.15, 0.2) is 0 Å². The van der Waals surface area contributed by atoms with Crippen molar-refractivity contribution in [2.24, 2.45) is 11.8 Å². The third-order valence-electron chi connectivity index (χ3n) is 4.14. The Morgan fingerprint density at radius 2 is 2.00 bits per heavy atom. The van der Waals surface area contributed by atoms with Crippen molar-refractivity contribution in [2.75, 3.05) is 26.2 Å². The van der Waals surface area contributed by atoms with E-state index in [-0.39, 0.29) is 12.5 Å². The van der Waals surface area contributed by atoms with Gasteiger partial charge in [-0.2, -0.15) is 0 Å². The van der Waals surface area contributed by atoms with Gasteiger partial charge in [0.25, 0.3) is 0 Å². The average Bonchev–Trinajstić information content (AvgIpc) is 2.49. The molecule has 0 amide bonds. The first-order valence-corrected chi connectivity index (χ1v) is 7.33. The number of nitrogens with zero attached hydrogens (tertiary/aromatic N) is 1. The van der Waals surface area contributed by atoms with Gasteiger partial charge in [-0.25, -0.2) is 0 Å². The summed E-state index contributed by atoms with van der Waals surface area (Å²) >= 11 is 0. The van der Waals surface area contributed by atoms with E-state index in [1.165, 1.54) is 0 Å². The predicted octanol–water partition coefficient (Wildman–Crippen LogP) is 2.50. The molecule has 0 aromatic heterocycles. The molecule has 4 nitrogen and oxygen atoms in total. The van der Waals surface area contributed by atoms with Gasteiger partial charge in [0.2, 0.25) is 0 Å². The van der Waals surface area contributed by atoms with Crippen LogP contribution in [0.4, 0.5) is 0 Å². The maximum atomic E-state index is 11.5. The molecule has 1 aromatic rings. The minimum absolute atomic E-state index is 0.221. The SMILES string of the molecule is CCN1CCC(C(COc2ccccc2)C(=O)O)CC1. The number of carboxylic acid groups (broad SMARTS) is 1. The molecule has 20 heavy (non-hydrogen) atoms. The molecule has 2 rings (SSSR count). The van der Waals surface area contributed by atoms with Gasteiger partial charge < -0.3 is 14.7 Å². The van der Waals surface area contributed by atoms with Gasteiger partial charge in [0.05, 0.1) is 5.92 Å². The minimum Gasteiger partial charge on any atom is -0.493 e. The number of para-hydroxylation sites is 1. The van der Waals surface area contributed by atoms with E-state index in [0.29, 0.717) is 0 Å². The van der Waals surface area contributed by atoms with Gasteiger partial charge in [-0.05, 0) is 50.5 Å². The van der Waals surface area contributed by atoms with Gasteiger partial charge in [-0.3, -0.25) is 4.79 Å². The Balaban J connectivity index is 1.89. The molecule has 4 heteroatoms. The molecule has 1 atom stereocenters. The number of likely N-dealkylation sites (tertiary alicyclic amines) is 1. The summed E-state index contributed by atoms with van der Waals surface area (Å²) in [4.78, 5) is 13.8. The van der Waals surface area contributed by atoms with Crippen LogP contribution in [0.2, 0.25) is 0 Å². The maximum Gasteiger partial charge on any atom is 0.310 e. The quantitative estimate of drug-likeness (QED) is 0.868. The van der Waals surface area contributed by atoms with Crippen LogP contribution in [-0.4, -0.2) is 42.2 Å². The van der Waals surface area contributed by atoms with Crippen molar-refractivity contribution in [1.82, 2.24) is 4.90 Å². The lowest BCUT2D eigenvalue weighted by molar-refractivity contribution is -0.145. The van der Waals surface area contributed by atoms with Crippen molar-refractivity contribution in [1.29, 1.82) is 0 Å². The molecule has 1 aliphatic heterocycles. The van der Waals surface area contributed by atoms with Crippen LogP contribution in [0.1, 0.15) is 19.8 Å².